The second kappa shape index (κ2) is 6.77. The summed E-state index contributed by atoms with van der Waals surface area (Å²) in [7, 11) is 0. The van der Waals surface area contributed by atoms with Gasteiger partial charge in [-0.2, -0.15) is 0 Å². The number of hydrogen-bond acceptors (Lipinski definition) is 4. The van der Waals surface area contributed by atoms with Crippen molar-refractivity contribution >= 4 is 11.9 Å². The van der Waals surface area contributed by atoms with Crippen molar-refractivity contribution in [2.75, 3.05) is 6.61 Å². The molecule has 0 aromatic rings. The molecule has 2 atom stereocenters. The largest absolute Gasteiger partial charge is 0.375 e. The molecule has 0 bridgehead atoms. The molecule has 120 valence electrons. The van der Waals surface area contributed by atoms with E-state index in [0.29, 0.717) is 18.4 Å². The summed E-state index contributed by atoms with van der Waals surface area (Å²) in [6.45, 7) is 6.60. The van der Waals surface area contributed by atoms with E-state index in [-0.39, 0.29) is 18.0 Å². The Bertz CT molecular complexity index is 402. The molecule has 0 radical (unpaired) electrons. The summed E-state index contributed by atoms with van der Waals surface area (Å²) < 4.78 is 5.93. The first kappa shape index (κ1) is 16.3. The summed E-state index contributed by atoms with van der Waals surface area (Å²) in [6, 6.07) is 0. The van der Waals surface area contributed by atoms with E-state index in [9.17, 15) is 4.79 Å². The first-order valence-electron chi connectivity index (χ1n) is 8.21. The number of amides is 1. The van der Waals surface area contributed by atoms with Gasteiger partial charge in [-0.3, -0.25) is 10.1 Å². The van der Waals surface area contributed by atoms with Gasteiger partial charge in [0.1, 0.15) is 0 Å². The molecule has 2 rings (SSSR count). The third-order valence-corrected chi connectivity index (χ3v) is 4.87. The van der Waals surface area contributed by atoms with Crippen LogP contribution in [0.15, 0.2) is 4.99 Å². The molecule has 0 saturated heterocycles. The standard InChI is InChI=1S/C16H29N3O2/c1-11(2)12(3)21-10-16(14(20)18-15(17)19-16)9-13-7-5-4-6-8-13/h11-13H,4-10H2,1-3H3,(H3,17,18,19,20)/t12-,16?/m0/s1. The molecular formula is C16H29N3O2. The molecule has 0 spiro atoms. The Kier molecular flexibility index (Phi) is 5.25. The molecule has 1 saturated carbocycles. The molecule has 1 aliphatic carbocycles. The summed E-state index contributed by atoms with van der Waals surface area (Å²) in [5.41, 5.74) is 4.92. The van der Waals surface area contributed by atoms with E-state index in [1.165, 1.54) is 32.1 Å². The summed E-state index contributed by atoms with van der Waals surface area (Å²) >= 11 is 0. The molecule has 0 aromatic carbocycles. The number of nitrogens with zero attached hydrogens (tertiary/aromatic N) is 1. The molecule has 3 N–H and O–H groups in total. The van der Waals surface area contributed by atoms with Gasteiger partial charge >= 0.3 is 0 Å². The highest BCUT2D eigenvalue weighted by Gasteiger charge is 2.45. The minimum absolute atomic E-state index is 0.0958. The fourth-order valence-corrected chi connectivity index (χ4v) is 3.17. The number of rotatable bonds is 6. The minimum Gasteiger partial charge on any atom is -0.375 e. The molecule has 1 fully saturated rings. The van der Waals surface area contributed by atoms with Crippen LogP contribution in [0.5, 0.6) is 0 Å². The Morgan fingerprint density at radius 3 is 2.52 bits per heavy atom. The van der Waals surface area contributed by atoms with E-state index >= 15 is 0 Å². The quantitative estimate of drug-likeness (QED) is 0.788. The van der Waals surface area contributed by atoms with Gasteiger partial charge in [0, 0.05) is 0 Å². The van der Waals surface area contributed by atoms with Crippen LogP contribution in [0, 0.1) is 11.8 Å². The zero-order valence-electron chi connectivity index (χ0n) is 13.5. The molecule has 1 unspecified atom stereocenters. The second-order valence-electron chi connectivity index (χ2n) is 6.95. The van der Waals surface area contributed by atoms with Crippen LogP contribution in [0.2, 0.25) is 0 Å². The third kappa shape index (κ3) is 3.96. The Morgan fingerprint density at radius 2 is 2.00 bits per heavy atom. The molecule has 21 heavy (non-hydrogen) atoms. The van der Waals surface area contributed by atoms with E-state index in [2.05, 4.69) is 24.2 Å². The summed E-state index contributed by atoms with van der Waals surface area (Å²) in [4.78, 5) is 16.8. The summed E-state index contributed by atoms with van der Waals surface area (Å²) in [5.74, 6) is 1.11. The van der Waals surface area contributed by atoms with Crippen molar-refractivity contribution in [3.05, 3.63) is 0 Å². The summed E-state index contributed by atoms with van der Waals surface area (Å²) in [6.07, 6.45) is 7.05. The fourth-order valence-electron chi connectivity index (χ4n) is 3.17. The van der Waals surface area contributed by atoms with Crippen LogP contribution in [0.1, 0.15) is 59.3 Å². The second-order valence-corrected chi connectivity index (χ2v) is 6.95. The number of guanidine groups is 1. The van der Waals surface area contributed by atoms with E-state index in [0.717, 1.165) is 6.42 Å². The molecule has 1 aliphatic heterocycles. The van der Waals surface area contributed by atoms with Crippen molar-refractivity contribution in [2.45, 2.75) is 70.9 Å². The van der Waals surface area contributed by atoms with Gasteiger partial charge in [0.2, 0.25) is 0 Å². The number of hydrogen-bond donors (Lipinski definition) is 2. The van der Waals surface area contributed by atoms with Crippen LogP contribution in [0.4, 0.5) is 0 Å². The molecule has 2 aliphatic rings. The van der Waals surface area contributed by atoms with Gasteiger partial charge in [-0.15, -0.1) is 0 Å². The van der Waals surface area contributed by atoms with Gasteiger partial charge in [0.05, 0.1) is 12.7 Å². The van der Waals surface area contributed by atoms with Gasteiger partial charge in [-0.25, -0.2) is 4.99 Å². The number of nitrogens with one attached hydrogen (secondary N) is 1. The Labute approximate surface area is 127 Å². The van der Waals surface area contributed by atoms with Crippen molar-refractivity contribution in [2.24, 2.45) is 22.6 Å². The van der Waals surface area contributed by atoms with E-state index in [1.807, 2.05) is 6.92 Å². The average Bonchev–Trinajstić information content (AvgIpc) is 2.71. The van der Waals surface area contributed by atoms with Crippen molar-refractivity contribution in [3.8, 4) is 0 Å². The Morgan fingerprint density at radius 1 is 1.33 bits per heavy atom. The third-order valence-electron chi connectivity index (χ3n) is 4.87. The van der Waals surface area contributed by atoms with E-state index in [4.69, 9.17) is 10.5 Å². The van der Waals surface area contributed by atoms with Gasteiger partial charge in [0.15, 0.2) is 11.5 Å². The van der Waals surface area contributed by atoms with Gasteiger partial charge in [0.25, 0.3) is 5.91 Å². The maximum absolute atomic E-state index is 12.4. The molecule has 5 nitrogen and oxygen atoms in total. The van der Waals surface area contributed by atoms with E-state index < -0.39 is 5.54 Å². The summed E-state index contributed by atoms with van der Waals surface area (Å²) in [5, 5.41) is 2.66. The predicted molar refractivity (Wildman–Crippen MR) is 83.9 cm³/mol. The number of nitrogens with two attached hydrogens (primary N) is 1. The zero-order valence-corrected chi connectivity index (χ0v) is 13.5. The average molecular weight is 295 g/mol. The number of carbonyl (C=O) groups excluding carboxylic acids is 1. The molecule has 1 amide bonds. The minimum atomic E-state index is -0.810. The zero-order chi connectivity index (χ0) is 15.5. The predicted octanol–water partition coefficient (Wildman–Crippen LogP) is 2.20. The van der Waals surface area contributed by atoms with Crippen LogP contribution < -0.4 is 11.1 Å². The maximum atomic E-state index is 12.4. The first-order chi connectivity index (χ1) is 9.93. The van der Waals surface area contributed by atoms with E-state index in [1.54, 1.807) is 0 Å². The topological polar surface area (TPSA) is 76.7 Å². The fraction of sp³-hybridized carbons (Fsp3) is 0.875. The normalized spacial score (nSPS) is 28.6. The molecular weight excluding hydrogens is 266 g/mol. The van der Waals surface area contributed by atoms with Crippen LogP contribution in [0.25, 0.3) is 0 Å². The van der Waals surface area contributed by atoms with Gasteiger partial charge < -0.3 is 10.5 Å². The van der Waals surface area contributed by atoms with Gasteiger partial charge in [-0.1, -0.05) is 46.0 Å². The lowest BCUT2D eigenvalue weighted by atomic mass is 9.79. The van der Waals surface area contributed by atoms with Gasteiger partial charge in [-0.05, 0) is 25.2 Å². The monoisotopic (exact) mass is 295 g/mol. The lowest BCUT2D eigenvalue weighted by Gasteiger charge is -2.31. The van der Waals surface area contributed by atoms with Crippen LogP contribution >= 0.6 is 0 Å². The number of carbonyl (C=O) groups is 1. The van der Waals surface area contributed by atoms with Crippen molar-refractivity contribution < 1.29 is 9.53 Å². The highest BCUT2D eigenvalue weighted by Crippen LogP contribution is 2.34. The lowest BCUT2D eigenvalue weighted by molar-refractivity contribution is -0.128. The number of aliphatic imine (C=N–C) groups is 1. The number of ether oxygens (including phenoxy) is 1. The van der Waals surface area contributed by atoms with Crippen LogP contribution in [-0.2, 0) is 9.53 Å². The molecule has 1 heterocycles. The van der Waals surface area contributed by atoms with Crippen LogP contribution in [-0.4, -0.2) is 30.1 Å². The smallest absolute Gasteiger partial charge is 0.257 e. The Hall–Kier alpha value is -1.10. The van der Waals surface area contributed by atoms with Crippen molar-refractivity contribution in [1.82, 2.24) is 5.32 Å². The lowest BCUT2D eigenvalue weighted by Crippen LogP contribution is -2.46. The molecule has 5 heteroatoms. The molecule has 0 aromatic heterocycles. The SMILES string of the molecule is CC(C)[C@H](C)OCC1(CC2CCCCC2)N=C(N)NC1=O. The highest BCUT2D eigenvalue weighted by atomic mass is 16.5. The highest BCUT2D eigenvalue weighted by molar-refractivity contribution is 6.06. The Balaban J connectivity index is 2.05. The maximum Gasteiger partial charge on any atom is 0.257 e. The first-order valence-corrected chi connectivity index (χ1v) is 8.21. The van der Waals surface area contributed by atoms with Crippen molar-refractivity contribution in [1.29, 1.82) is 0 Å². The van der Waals surface area contributed by atoms with Crippen LogP contribution in [0.3, 0.4) is 0 Å². The van der Waals surface area contributed by atoms with Crippen molar-refractivity contribution in [3.63, 3.8) is 0 Å².